The van der Waals surface area contributed by atoms with E-state index in [2.05, 4.69) is 5.32 Å². The summed E-state index contributed by atoms with van der Waals surface area (Å²) in [6.45, 7) is 5.64. The van der Waals surface area contributed by atoms with Gasteiger partial charge >= 0.3 is 0 Å². The molecular formula is C17H19FN2O. The zero-order chi connectivity index (χ0) is 15.0. The molecule has 1 heterocycles. The van der Waals surface area contributed by atoms with Crippen LogP contribution >= 0.6 is 0 Å². The predicted molar refractivity (Wildman–Crippen MR) is 81.9 cm³/mol. The molecule has 0 aromatic heterocycles. The highest BCUT2D eigenvalue weighted by molar-refractivity contribution is 6.07. The zero-order valence-electron chi connectivity index (χ0n) is 12.3. The van der Waals surface area contributed by atoms with Gasteiger partial charge in [-0.2, -0.15) is 0 Å². The average Bonchev–Trinajstić information content (AvgIpc) is 2.47. The first-order valence-corrected chi connectivity index (χ1v) is 7.30. The van der Waals surface area contributed by atoms with Gasteiger partial charge < -0.3 is 10.2 Å². The van der Waals surface area contributed by atoms with E-state index in [4.69, 9.17) is 0 Å². The number of carbonyl (C=O) groups excluding carboxylic acids is 1. The molecule has 1 aliphatic rings. The molecule has 3 rings (SSSR count). The van der Waals surface area contributed by atoms with Crippen molar-refractivity contribution in [2.45, 2.75) is 25.9 Å². The first kappa shape index (κ1) is 14.0. The Hall–Kier alpha value is -1.94. The minimum atomic E-state index is -0.288. The number of carbonyl (C=O) groups is 1. The van der Waals surface area contributed by atoms with E-state index in [1.165, 1.54) is 6.07 Å². The molecule has 1 aliphatic heterocycles. The van der Waals surface area contributed by atoms with Gasteiger partial charge in [-0.1, -0.05) is 24.3 Å². The van der Waals surface area contributed by atoms with Crippen LogP contribution in [-0.4, -0.2) is 36.0 Å². The number of fused-ring (bicyclic) bond motifs is 1. The Bertz CT molecular complexity index is 676. The van der Waals surface area contributed by atoms with Crippen LogP contribution in [0.4, 0.5) is 4.39 Å². The third-order valence-electron chi connectivity index (χ3n) is 4.17. The number of nitrogens with zero attached hydrogens (tertiary/aromatic N) is 1. The normalized spacial score (nSPS) is 22.5. The smallest absolute Gasteiger partial charge is 0.255 e. The standard InChI is InChI=1S/C17H19FN2O/c1-11-9-19-10-12(2)20(11)17(21)15-7-8-16(18)14-6-4-3-5-13(14)15/h3-8,11-12,19H,9-10H2,1-2H3. The summed E-state index contributed by atoms with van der Waals surface area (Å²) in [7, 11) is 0. The van der Waals surface area contributed by atoms with Gasteiger partial charge in [-0.15, -0.1) is 0 Å². The maximum atomic E-state index is 13.9. The van der Waals surface area contributed by atoms with E-state index in [1.807, 2.05) is 30.9 Å². The second-order valence-electron chi connectivity index (χ2n) is 5.71. The summed E-state index contributed by atoms with van der Waals surface area (Å²) in [5.74, 6) is -0.309. The Morgan fingerprint density at radius 1 is 1.10 bits per heavy atom. The lowest BCUT2D eigenvalue weighted by Gasteiger charge is -2.39. The van der Waals surface area contributed by atoms with E-state index in [-0.39, 0.29) is 23.8 Å². The van der Waals surface area contributed by atoms with E-state index < -0.39 is 0 Å². The minimum Gasteiger partial charge on any atom is -0.331 e. The van der Waals surface area contributed by atoms with Crippen molar-refractivity contribution in [3.05, 3.63) is 47.8 Å². The van der Waals surface area contributed by atoms with Crippen molar-refractivity contribution >= 4 is 16.7 Å². The Balaban J connectivity index is 2.08. The van der Waals surface area contributed by atoms with Crippen LogP contribution in [0, 0.1) is 5.82 Å². The fourth-order valence-electron chi connectivity index (χ4n) is 3.12. The molecule has 1 N–H and O–H groups in total. The Morgan fingerprint density at radius 2 is 1.71 bits per heavy atom. The second kappa shape index (κ2) is 5.45. The highest BCUT2D eigenvalue weighted by Crippen LogP contribution is 2.25. The number of piperazine rings is 1. The van der Waals surface area contributed by atoms with Crippen molar-refractivity contribution in [2.24, 2.45) is 0 Å². The largest absolute Gasteiger partial charge is 0.331 e. The van der Waals surface area contributed by atoms with Gasteiger partial charge in [-0.3, -0.25) is 4.79 Å². The summed E-state index contributed by atoms with van der Waals surface area (Å²) in [6.07, 6.45) is 0. The van der Waals surface area contributed by atoms with Crippen molar-refractivity contribution in [3.8, 4) is 0 Å². The summed E-state index contributed by atoms with van der Waals surface area (Å²) in [5, 5.41) is 4.49. The van der Waals surface area contributed by atoms with Crippen LogP contribution in [0.5, 0.6) is 0 Å². The first-order chi connectivity index (χ1) is 10.1. The summed E-state index contributed by atoms with van der Waals surface area (Å²) in [6, 6.07) is 10.4. The van der Waals surface area contributed by atoms with Gasteiger partial charge in [0.15, 0.2) is 0 Å². The molecule has 110 valence electrons. The lowest BCUT2D eigenvalue weighted by Crippen LogP contribution is -2.57. The molecule has 21 heavy (non-hydrogen) atoms. The van der Waals surface area contributed by atoms with E-state index in [0.717, 1.165) is 13.1 Å². The number of hydrogen-bond acceptors (Lipinski definition) is 2. The summed E-state index contributed by atoms with van der Waals surface area (Å²) < 4.78 is 13.9. The Kier molecular flexibility index (Phi) is 3.64. The van der Waals surface area contributed by atoms with Crippen molar-refractivity contribution in [1.82, 2.24) is 10.2 Å². The maximum absolute atomic E-state index is 13.9. The van der Waals surface area contributed by atoms with E-state index in [1.54, 1.807) is 18.2 Å². The molecule has 0 aliphatic carbocycles. The molecule has 0 saturated carbocycles. The fourth-order valence-corrected chi connectivity index (χ4v) is 3.12. The van der Waals surface area contributed by atoms with Gasteiger partial charge in [0.05, 0.1) is 0 Å². The van der Waals surface area contributed by atoms with Gasteiger partial charge in [-0.25, -0.2) is 4.39 Å². The van der Waals surface area contributed by atoms with Crippen molar-refractivity contribution in [3.63, 3.8) is 0 Å². The molecule has 0 spiro atoms. The lowest BCUT2D eigenvalue weighted by molar-refractivity contribution is 0.0546. The van der Waals surface area contributed by atoms with Crippen LogP contribution < -0.4 is 5.32 Å². The van der Waals surface area contributed by atoms with Crippen LogP contribution in [0.15, 0.2) is 36.4 Å². The number of rotatable bonds is 1. The molecule has 2 atom stereocenters. The van der Waals surface area contributed by atoms with E-state index >= 15 is 0 Å². The van der Waals surface area contributed by atoms with E-state index in [9.17, 15) is 9.18 Å². The molecule has 2 unspecified atom stereocenters. The molecule has 0 radical (unpaired) electrons. The van der Waals surface area contributed by atoms with Gasteiger partial charge in [0.25, 0.3) is 5.91 Å². The molecule has 0 bridgehead atoms. The van der Waals surface area contributed by atoms with E-state index in [0.29, 0.717) is 16.3 Å². The molecule has 1 fully saturated rings. The average molecular weight is 286 g/mol. The quantitative estimate of drug-likeness (QED) is 0.874. The van der Waals surface area contributed by atoms with Crippen LogP contribution in [0.2, 0.25) is 0 Å². The number of benzene rings is 2. The molecule has 1 saturated heterocycles. The predicted octanol–water partition coefficient (Wildman–Crippen LogP) is 2.80. The van der Waals surface area contributed by atoms with Gasteiger partial charge in [0, 0.05) is 36.1 Å². The summed E-state index contributed by atoms with van der Waals surface area (Å²) in [5.41, 5.74) is 0.576. The Labute approximate surface area is 123 Å². The van der Waals surface area contributed by atoms with Crippen LogP contribution in [-0.2, 0) is 0 Å². The molecule has 2 aromatic carbocycles. The SMILES string of the molecule is CC1CNCC(C)N1C(=O)c1ccc(F)c2ccccc12. The van der Waals surface area contributed by atoms with Crippen LogP contribution in [0.3, 0.4) is 0 Å². The van der Waals surface area contributed by atoms with Gasteiger partial charge in [0.2, 0.25) is 0 Å². The zero-order valence-corrected chi connectivity index (χ0v) is 12.3. The van der Waals surface area contributed by atoms with Gasteiger partial charge in [-0.05, 0) is 31.4 Å². The van der Waals surface area contributed by atoms with Crippen molar-refractivity contribution in [2.75, 3.05) is 13.1 Å². The highest BCUT2D eigenvalue weighted by Gasteiger charge is 2.30. The summed E-state index contributed by atoms with van der Waals surface area (Å²) >= 11 is 0. The van der Waals surface area contributed by atoms with Crippen molar-refractivity contribution in [1.29, 1.82) is 0 Å². The highest BCUT2D eigenvalue weighted by atomic mass is 19.1. The molecule has 4 heteroatoms. The topological polar surface area (TPSA) is 32.3 Å². The summed E-state index contributed by atoms with van der Waals surface area (Å²) in [4.78, 5) is 14.8. The molecule has 3 nitrogen and oxygen atoms in total. The van der Waals surface area contributed by atoms with Crippen molar-refractivity contribution < 1.29 is 9.18 Å². The number of nitrogens with one attached hydrogen (secondary N) is 1. The van der Waals surface area contributed by atoms with Gasteiger partial charge in [0.1, 0.15) is 5.82 Å². The third-order valence-corrected chi connectivity index (χ3v) is 4.17. The number of amides is 1. The fraction of sp³-hybridized carbons (Fsp3) is 0.353. The molecule has 1 amide bonds. The monoisotopic (exact) mass is 286 g/mol. The lowest BCUT2D eigenvalue weighted by atomic mass is 10.0. The van der Waals surface area contributed by atoms with Crippen LogP contribution in [0.1, 0.15) is 24.2 Å². The second-order valence-corrected chi connectivity index (χ2v) is 5.71. The van der Waals surface area contributed by atoms with Crippen LogP contribution in [0.25, 0.3) is 10.8 Å². The minimum absolute atomic E-state index is 0.0206. The first-order valence-electron chi connectivity index (χ1n) is 7.30. The maximum Gasteiger partial charge on any atom is 0.255 e. The number of halogens is 1. The number of hydrogen-bond donors (Lipinski definition) is 1. The molecule has 2 aromatic rings. The Morgan fingerprint density at radius 3 is 2.38 bits per heavy atom. The molecular weight excluding hydrogens is 267 g/mol. The third kappa shape index (κ3) is 2.40.